The lowest BCUT2D eigenvalue weighted by Crippen LogP contribution is -2.06. The molecule has 0 radical (unpaired) electrons. The first kappa shape index (κ1) is 16.8. The molecule has 0 fully saturated rings. The van der Waals surface area contributed by atoms with Gasteiger partial charge in [0.2, 0.25) is 0 Å². The lowest BCUT2D eigenvalue weighted by Gasteiger charge is -2.20. The molecule has 0 saturated heterocycles. The van der Waals surface area contributed by atoms with Gasteiger partial charge in [-0.1, -0.05) is 65.5 Å². The maximum absolute atomic E-state index is 3.40. The van der Waals surface area contributed by atoms with Crippen molar-refractivity contribution in [2.75, 3.05) is 13.6 Å². The summed E-state index contributed by atoms with van der Waals surface area (Å²) in [6.07, 6.45) is 0. The molecule has 0 amide bonds. The van der Waals surface area contributed by atoms with Gasteiger partial charge in [-0.25, -0.2) is 0 Å². The van der Waals surface area contributed by atoms with Crippen LogP contribution in [-0.4, -0.2) is 13.6 Å². The Morgan fingerprint density at radius 1 is 0.900 bits per heavy atom. The van der Waals surface area contributed by atoms with Gasteiger partial charge in [-0.2, -0.15) is 0 Å². The molecule has 1 nitrogen and oxygen atoms in total. The molecule has 20 heavy (non-hydrogen) atoms. The molecule has 1 aromatic carbocycles. The number of hydrogen-bond donors (Lipinski definition) is 1. The van der Waals surface area contributed by atoms with Gasteiger partial charge >= 0.3 is 0 Å². The zero-order valence-electron chi connectivity index (χ0n) is 14.1. The lowest BCUT2D eigenvalue weighted by atomic mass is 9.84. The highest BCUT2D eigenvalue weighted by molar-refractivity contribution is 5.52. The van der Waals surface area contributed by atoms with E-state index < -0.39 is 0 Å². The van der Waals surface area contributed by atoms with Gasteiger partial charge in [0, 0.05) is 5.56 Å². The molecule has 0 unspecified atom stereocenters. The minimum Gasteiger partial charge on any atom is -0.309 e. The van der Waals surface area contributed by atoms with Crippen molar-refractivity contribution in [1.29, 1.82) is 0 Å². The van der Waals surface area contributed by atoms with Crippen LogP contribution in [0.2, 0.25) is 0 Å². The van der Waals surface area contributed by atoms with E-state index in [1.807, 2.05) is 7.05 Å². The van der Waals surface area contributed by atoms with Crippen molar-refractivity contribution >= 4 is 0 Å². The summed E-state index contributed by atoms with van der Waals surface area (Å²) < 4.78 is 0. The van der Waals surface area contributed by atoms with E-state index in [1.54, 1.807) is 0 Å². The minimum atomic E-state index is 0.505. The third kappa shape index (κ3) is 4.12. The standard InChI is InChI=1S/C19H29N/c1-13(2)16-11-18(14(3)4)17(9-8-10-20-7)19(12-16)15(5)6/h11-15,20H,10H2,1-7H3. The molecule has 0 aliphatic rings. The van der Waals surface area contributed by atoms with Gasteiger partial charge in [0.15, 0.2) is 0 Å². The van der Waals surface area contributed by atoms with E-state index in [0.29, 0.717) is 17.8 Å². The van der Waals surface area contributed by atoms with E-state index >= 15 is 0 Å². The number of rotatable bonds is 4. The summed E-state index contributed by atoms with van der Waals surface area (Å²) in [6.45, 7) is 14.3. The van der Waals surface area contributed by atoms with E-state index in [0.717, 1.165) is 6.54 Å². The van der Waals surface area contributed by atoms with Gasteiger partial charge in [-0.15, -0.1) is 0 Å². The minimum absolute atomic E-state index is 0.505. The first-order chi connectivity index (χ1) is 9.38. The summed E-state index contributed by atoms with van der Waals surface area (Å²) in [6, 6.07) is 4.70. The van der Waals surface area contributed by atoms with Gasteiger partial charge in [0.1, 0.15) is 0 Å². The molecule has 0 aliphatic carbocycles. The van der Waals surface area contributed by atoms with E-state index in [4.69, 9.17) is 0 Å². The fourth-order valence-electron chi connectivity index (χ4n) is 2.32. The predicted octanol–water partition coefficient (Wildman–Crippen LogP) is 4.63. The Morgan fingerprint density at radius 3 is 1.75 bits per heavy atom. The van der Waals surface area contributed by atoms with Crippen molar-refractivity contribution in [2.45, 2.75) is 59.3 Å². The highest BCUT2D eigenvalue weighted by atomic mass is 14.8. The third-order valence-corrected chi connectivity index (χ3v) is 3.61. The lowest BCUT2D eigenvalue weighted by molar-refractivity contribution is 0.800. The van der Waals surface area contributed by atoms with Crippen LogP contribution in [0.1, 0.15) is 81.5 Å². The van der Waals surface area contributed by atoms with Gasteiger partial charge in [0.05, 0.1) is 6.54 Å². The molecule has 0 spiro atoms. The van der Waals surface area contributed by atoms with E-state index in [2.05, 4.69) is 70.8 Å². The molecule has 1 rings (SSSR count). The Bertz CT molecular complexity index is 469. The largest absolute Gasteiger partial charge is 0.309 e. The maximum Gasteiger partial charge on any atom is 0.0577 e. The maximum atomic E-state index is 3.40. The number of nitrogens with one attached hydrogen (secondary N) is 1. The van der Waals surface area contributed by atoms with Crippen molar-refractivity contribution < 1.29 is 0 Å². The van der Waals surface area contributed by atoms with Gasteiger partial charge in [-0.3, -0.25) is 0 Å². The molecule has 0 aromatic heterocycles. The number of benzene rings is 1. The first-order valence-corrected chi connectivity index (χ1v) is 7.69. The van der Waals surface area contributed by atoms with E-state index in [1.165, 1.54) is 22.3 Å². The van der Waals surface area contributed by atoms with Crippen LogP contribution in [0.4, 0.5) is 0 Å². The van der Waals surface area contributed by atoms with Crippen LogP contribution < -0.4 is 5.32 Å². The van der Waals surface area contributed by atoms with Crippen molar-refractivity contribution in [3.8, 4) is 11.8 Å². The summed E-state index contributed by atoms with van der Waals surface area (Å²) in [5.74, 6) is 8.20. The van der Waals surface area contributed by atoms with E-state index in [9.17, 15) is 0 Å². The molecule has 0 aliphatic heterocycles. The Morgan fingerprint density at radius 2 is 1.40 bits per heavy atom. The molecule has 1 aromatic rings. The molecular formula is C19H29N. The Kier molecular flexibility index (Phi) is 6.30. The van der Waals surface area contributed by atoms with Gasteiger partial charge < -0.3 is 5.32 Å². The molecule has 1 N–H and O–H groups in total. The molecule has 0 saturated carbocycles. The fourth-order valence-corrected chi connectivity index (χ4v) is 2.32. The normalized spacial score (nSPS) is 11.1. The SMILES string of the molecule is CNCC#Cc1c(C(C)C)cc(C(C)C)cc1C(C)C. The molecule has 0 atom stereocenters. The van der Waals surface area contributed by atoms with Crippen LogP contribution in [0.15, 0.2) is 12.1 Å². The van der Waals surface area contributed by atoms with Crippen LogP contribution >= 0.6 is 0 Å². The number of hydrogen-bond acceptors (Lipinski definition) is 1. The summed E-state index contributed by atoms with van der Waals surface area (Å²) in [4.78, 5) is 0. The Hall–Kier alpha value is -1.26. The predicted molar refractivity (Wildman–Crippen MR) is 89.5 cm³/mol. The fraction of sp³-hybridized carbons (Fsp3) is 0.579. The smallest absolute Gasteiger partial charge is 0.0577 e. The summed E-state index contributed by atoms with van der Waals surface area (Å²) in [5, 5.41) is 3.09. The highest BCUT2D eigenvalue weighted by Gasteiger charge is 2.15. The monoisotopic (exact) mass is 271 g/mol. The Balaban J connectivity index is 3.48. The molecule has 0 heterocycles. The summed E-state index contributed by atoms with van der Waals surface area (Å²) in [5.41, 5.74) is 5.46. The zero-order valence-corrected chi connectivity index (χ0v) is 14.1. The quantitative estimate of drug-likeness (QED) is 0.787. The zero-order chi connectivity index (χ0) is 15.3. The molecular weight excluding hydrogens is 242 g/mol. The Labute approximate surface area is 125 Å². The third-order valence-electron chi connectivity index (χ3n) is 3.61. The van der Waals surface area contributed by atoms with Crippen LogP contribution in [0.25, 0.3) is 0 Å². The second-order valence-electron chi connectivity index (χ2n) is 6.37. The van der Waals surface area contributed by atoms with E-state index in [-0.39, 0.29) is 0 Å². The van der Waals surface area contributed by atoms with Crippen LogP contribution in [0.3, 0.4) is 0 Å². The topological polar surface area (TPSA) is 12.0 Å². The van der Waals surface area contributed by atoms with Crippen molar-refractivity contribution in [2.24, 2.45) is 0 Å². The molecule has 110 valence electrons. The second kappa shape index (κ2) is 7.50. The average molecular weight is 271 g/mol. The van der Waals surface area contributed by atoms with Crippen LogP contribution in [0.5, 0.6) is 0 Å². The molecule has 0 bridgehead atoms. The van der Waals surface area contributed by atoms with Gasteiger partial charge in [-0.05, 0) is 41.5 Å². The van der Waals surface area contributed by atoms with Crippen molar-refractivity contribution in [1.82, 2.24) is 5.32 Å². The van der Waals surface area contributed by atoms with Crippen molar-refractivity contribution in [3.63, 3.8) is 0 Å². The highest BCUT2D eigenvalue weighted by Crippen LogP contribution is 2.31. The average Bonchev–Trinajstić information content (AvgIpc) is 2.37. The molecule has 1 heteroatoms. The van der Waals surface area contributed by atoms with Crippen molar-refractivity contribution in [3.05, 3.63) is 34.4 Å². The van der Waals surface area contributed by atoms with Crippen LogP contribution in [0, 0.1) is 11.8 Å². The van der Waals surface area contributed by atoms with Gasteiger partial charge in [0.25, 0.3) is 0 Å². The summed E-state index contributed by atoms with van der Waals surface area (Å²) in [7, 11) is 1.93. The first-order valence-electron chi connectivity index (χ1n) is 7.69. The van der Waals surface area contributed by atoms with Crippen LogP contribution in [-0.2, 0) is 0 Å². The summed E-state index contributed by atoms with van der Waals surface area (Å²) >= 11 is 0. The second-order valence-corrected chi connectivity index (χ2v) is 6.37.